The molecule has 158 valence electrons. The van der Waals surface area contributed by atoms with Gasteiger partial charge < -0.3 is 9.73 Å². The lowest BCUT2D eigenvalue weighted by atomic mass is 10.0. The van der Waals surface area contributed by atoms with Gasteiger partial charge in [-0.05, 0) is 73.4 Å². The van der Waals surface area contributed by atoms with Crippen molar-refractivity contribution in [3.8, 4) is 22.4 Å². The Morgan fingerprint density at radius 2 is 1.75 bits per heavy atom. The van der Waals surface area contributed by atoms with Crippen molar-refractivity contribution < 1.29 is 4.42 Å². The van der Waals surface area contributed by atoms with Gasteiger partial charge in [0.2, 0.25) is 0 Å². The van der Waals surface area contributed by atoms with Crippen LogP contribution in [0.25, 0.3) is 33.4 Å². The number of aromatic nitrogens is 3. The van der Waals surface area contributed by atoms with E-state index in [1.165, 1.54) is 5.56 Å². The zero-order valence-corrected chi connectivity index (χ0v) is 18.3. The van der Waals surface area contributed by atoms with E-state index in [0.717, 1.165) is 50.6 Å². The number of rotatable bonds is 5. The molecular formula is C27H24N4O. The molecule has 1 atom stereocenters. The van der Waals surface area contributed by atoms with Crippen LogP contribution in [0.2, 0.25) is 0 Å². The molecule has 0 aliphatic rings. The van der Waals surface area contributed by atoms with Gasteiger partial charge in [0.05, 0.1) is 12.0 Å². The number of aryl methyl sites for hydroxylation is 2. The van der Waals surface area contributed by atoms with E-state index in [2.05, 4.69) is 70.5 Å². The third kappa shape index (κ3) is 3.97. The molecule has 3 aromatic heterocycles. The third-order valence-electron chi connectivity index (χ3n) is 5.65. The molecule has 5 aromatic rings. The SMILES string of the molecule is Cc1nc(NC(C)c2cccc(-c3cccnc3)c2)cc(-c2ccc3occ(C)c3c2)n1. The van der Waals surface area contributed by atoms with Crippen molar-refractivity contribution >= 4 is 16.8 Å². The Balaban J connectivity index is 1.43. The van der Waals surface area contributed by atoms with Crippen molar-refractivity contribution in [3.63, 3.8) is 0 Å². The Labute approximate surface area is 187 Å². The lowest BCUT2D eigenvalue weighted by molar-refractivity contribution is 0.613. The van der Waals surface area contributed by atoms with Gasteiger partial charge in [-0.2, -0.15) is 0 Å². The fraction of sp³-hybridized carbons (Fsp3) is 0.148. The van der Waals surface area contributed by atoms with Gasteiger partial charge in [-0.3, -0.25) is 4.98 Å². The molecule has 0 aliphatic carbocycles. The van der Waals surface area contributed by atoms with Crippen molar-refractivity contribution in [1.29, 1.82) is 0 Å². The quantitative estimate of drug-likeness (QED) is 0.341. The molecule has 0 amide bonds. The van der Waals surface area contributed by atoms with Crippen LogP contribution in [0, 0.1) is 13.8 Å². The number of fused-ring (bicyclic) bond motifs is 1. The second kappa shape index (κ2) is 8.27. The molecular weight excluding hydrogens is 396 g/mol. The summed E-state index contributed by atoms with van der Waals surface area (Å²) in [7, 11) is 0. The first kappa shape index (κ1) is 19.9. The number of pyridine rings is 1. The summed E-state index contributed by atoms with van der Waals surface area (Å²) in [5.41, 5.74) is 7.37. The molecule has 1 unspecified atom stereocenters. The van der Waals surface area contributed by atoms with Gasteiger partial charge in [0.1, 0.15) is 17.2 Å². The Morgan fingerprint density at radius 1 is 0.875 bits per heavy atom. The normalized spacial score (nSPS) is 12.1. The van der Waals surface area contributed by atoms with Gasteiger partial charge in [0.15, 0.2) is 0 Å². The van der Waals surface area contributed by atoms with Crippen LogP contribution in [0.4, 0.5) is 5.82 Å². The molecule has 0 aliphatic heterocycles. The zero-order chi connectivity index (χ0) is 22.1. The van der Waals surface area contributed by atoms with Crippen LogP contribution in [0.15, 0.2) is 83.7 Å². The minimum absolute atomic E-state index is 0.0763. The molecule has 5 rings (SSSR count). The first-order chi connectivity index (χ1) is 15.6. The molecule has 0 bridgehead atoms. The summed E-state index contributed by atoms with van der Waals surface area (Å²) in [5, 5.41) is 4.65. The lowest BCUT2D eigenvalue weighted by Gasteiger charge is -2.17. The predicted molar refractivity (Wildman–Crippen MR) is 128 cm³/mol. The largest absolute Gasteiger partial charge is 0.464 e. The van der Waals surface area contributed by atoms with Crippen molar-refractivity contribution in [3.05, 3.63) is 96.3 Å². The highest BCUT2D eigenvalue weighted by atomic mass is 16.3. The molecule has 0 spiro atoms. The van der Waals surface area contributed by atoms with Crippen molar-refractivity contribution in [2.75, 3.05) is 5.32 Å². The predicted octanol–water partition coefficient (Wildman–Crippen LogP) is 6.74. The topological polar surface area (TPSA) is 63.8 Å². The van der Waals surface area contributed by atoms with Crippen LogP contribution in [-0.2, 0) is 0 Å². The molecule has 0 radical (unpaired) electrons. The number of benzene rings is 2. The van der Waals surface area contributed by atoms with E-state index in [4.69, 9.17) is 4.42 Å². The van der Waals surface area contributed by atoms with Gasteiger partial charge in [0.25, 0.3) is 0 Å². The van der Waals surface area contributed by atoms with Crippen LogP contribution in [0.5, 0.6) is 0 Å². The van der Waals surface area contributed by atoms with Crippen LogP contribution >= 0.6 is 0 Å². The Bertz CT molecular complexity index is 1390. The summed E-state index contributed by atoms with van der Waals surface area (Å²) in [5.74, 6) is 1.53. The maximum Gasteiger partial charge on any atom is 0.134 e. The third-order valence-corrected chi connectivity index (χ3v) is 5.65. The first-order valence-corrected chi connectivity index (χ1v) is 10.7. The Morgan fingerprint density at radius 3 is 2.59 bits per heavy atom. The standard InChI is InChI=1S/C27H24N4O/c1-17-16-32-26-10-9-22(13-24(17)26)25-14-27(31-19(3)30-25)29-18(2)20-6-4-7-21(12-20)23-8-5-11-28-15-23/h4-16,18H,1-3H3,(H,29,30,31). The molecule has 32 heavy (non-hydrogen) atoms. The number of anilines is 1. The average Bonchev–Trinajstić information content (AvgIpc) is 3.19. The van der Waals surface area contributed by atoms with Crippen LogP contribution in [0.1, 0.15) is 29.9 Å². The van der Waals surface area contributed by atoms with E-state index in [9.17, 15) is 0 Å². The maximum atomic E-state index is 5.58. The summed E-state index contributed by atoms with van der Waals surface area (Å²) in [4.78, 5) is 13.5. The van der Waals surface area contributed by atoms with E-state index in [1.807, 2.05) is 37.4 Å². The van der Waals surface area contributed by atoms with Gasteiger partial charge in [-0.25, -0.2) is 9.97 Å². The molecule has 0 saturated carbocycles. The second-order valence-electron chi connectivity index (χ2n) is 8.05. The zero-order valence-electron chi connectivity index (χ0n) is 18.3. The molecule has 3 heterocycles. The van der Waals surface area contributed by atoms with E-state index in [0.29, 0.717) is 0 Å². The van der Waals surface area contributed by atoms with Crippen molar-refractivity contribution in [2.45, 2.75) is 26.8 Å². The van der Waals surface area contributed by atoms with Gasteiger partial charge in [0, 0.05) is 35.5 Å². The monoisotopic (exact) mass is 420 g/mol. The van der Waals surface area contributed by atoms with Gasteiger partial charge in [-0.1, -0.05) is 24.3 Å². The van der Waals surface area contributed by atoms with Gasteiger partial charge >= 0.3 is 0 Å². The number of hydrogen-bond acceptors (Lipinski definition) is 5. The molecule has 5 nitrogen and oxygen atoms in total. The van der Waals surface area contributed by atoms with Crippen molar-refractivity contribution in [1.82, 2.24) is 15.0 Å². The van der Waals surface area contributed by atoms with E-state index in [1.54, 1.807) is 12.5 Å². The number of nitrogens with zero attached hydrogens (tertiary/aromatic N) is 3. The fourth-order valence-corrected chi connectivity index (χ4v) is 3.93. The summed E-state index contributed by atoms with van der Waals surface area (Å²) < 4.78 is 5.58. The summed E-state index contributed by atoms with van der Waals surface area (Å²) in [6, 6.07) is 20.8. The van der Waals surface area contributed by atoms with Gasteiger partial charge in [-0.15, -0.1) is 0 Å². The molecule has 2 aromatic carbocycles. The fourth-order valence-electron chi connectivity index (χ4n) is 3.93. The van der Waals surface area contributed by atoms with E-state index in [-0.39, 0.29) is 6.04 Å². The average molecular weight is 421 g/mol. The Kier molecular flexibility index (Phi) is 5.15. The van der Waals surface area contributed by atoms with E-state index < -0.39 is 0 Å². The molecule has 0 fully saturated rings. The minimum atomic E-state index is 0.0763. The van der Waals surface area contributed by atoms with Crippen molar-refractivity contribution in [2.24, 2.45) is 0 Å². The summed E-state index contributed by atoms with van der Waals surface area (Å²) in [6.45, 7) is 6.11. The van der Waals surface area contributed by atoms with E-state index >= 15 is 0 Å². The summed E-state index contributed by atoms with van der Waals surface area (Å²) in [6.07, 6.45) is 5.46. The van der Waals surface area contributed by atoms with Crippen LogP contribution < -0.4 is 5.32 Å². The number of hydrogen-bond donors (Lipinski definition) is 1. The highest BCUT2D eigenvalue weighted by Crippen LogP contribution is 2.29. The van der Waals surface area contributed by atoms with Crippen LogP contribution in [-0.4, -0.2) is 15.0 Å². The maximum absolute atomic E-state index is 5.58. The smallest absolute Gasteiger partial charge is 0.134 e. The summed E-state index contributed by atoms with van der Waals surface area (Å²) >= 11 is 0. The molecule has 1 N–H and O–H groups in total. The number of nitrogens with one attached hydrogen (secondary N) is 1. The minimum Gasteiger partial charge on any atom is -0.464 e. The second-order valence-corrected chi connectivity index (χ2v) is 8.05. The number of furan rings is 1. The Hall–Kier alpha value is -3.99. The highest BCUT2D eigenvalue weighted by molar-refractivity contribution is 5.85. The molecule has 5 heteroatoms. The van der Waals surface area contributed by atoms with Crippen LogP contribution in [0.3, 0.4) is 0 Å². The lowest BCUT2D eigenvalue weighted by Crippen LogP contribution is -2.09. The first-order valence-electron chi connectivity index (χ1n) is 10.7. The molecule has 0 saturated heterocycles. The highest BCUT2D eigenvalue weighted by Gasteiger charge is 2.12.